The Hall–Kier alpha value is -2.15. The summed E-state index contributed by atoms with van der Waals surface area (Å²) in [5.74, 6) is -0.479. The van der Waals surface area contributed by atoms with Gasteiger partial charge in [-0.25, -0.2) is 0 Å². The number of ether oxygens (including phenoxy) is 1. The predicted molar refractivity (Wildman–Crippen MR) is 76.8 cm³/mol. The Morgan fingerprint density at radius 2 is 1.86 bits per heavy atom. The lowest BCUT2D eigenvalue weighted by Crippen LogP contribution is -2.11. The first kappa shape index (κ1) is 15.2. The lowest BCUT2D eigenvalue weighted by molar-refractivity contribution is -0.0498. The van der Waals surface area contributed by atoms with Crippen molar-refractivity contribution in [2.24, 2.45) is 0 Å². The average Bonchev–Trinajstić information content (AvgIpc) is 2.43. The van der Waals surface area contributed by atoms with Crippen molar-refractivity contribution >= 4 is 27.5 Å². The van der Waals surface area contributed by atoms with E-state index in [1.807, 2.05) is 0 Å². The topological polar surface area (TPSA) is 58.6 Å². The van der Waals surface area contributed by atoms with Crippen LogP contribution in [0.5, 0.6) is 11.5 Å². The number of phenolic OH excluding ortho intramolecular Hbond substituents is 1. The van der Waals surface area contributed by atoms with Gasteiger partial charge in [-0.3, -0.25) is 4.79 Å². The third-order valence-corrected chi connectivity index (χ3v) is 3.22. The molecule has 0 saturated carbocycles. The number of carbonyl (C=O) groups is 1. The maximum absolute atomic E-state index is 12.0. The van der Waals surface area contributed by atoms with Crippen molar-refractivity contribution in [3.8, 4) is 11.5 Å². The Morgan fingerprint density at radius 1 is 1.19 bits per heavy atom. The minimum Gasteiger partial charge on any atom is -0.507 e. The summed E-state index contributed by atoms with van der Waals surface area (Å²) in [4.78, 5) is 12.0. The third-order valence-electron chi connectivity index (χ3n) is 2.55. The van der Waals surface area contributed by atoms with Crippen LogP contribution < -0.4 is 10.1 Å². The van der Waals surface area contributed by atoms with Crippen molar-refractivity contribution in [3.05, 3.63) is 52.5 Å². The fourth-order valence-electron chi connectivity index (χ4n) is 1.58. The minimum absolute atomic E-state index is 0.00397. The second kappa shape index (κ2) is 6.53. The van der Waals surface area contributed by atoms with Gasteiger partial charge < -0.3 is 15.2 Å². The van der Waals surface area contributed by atoms with Gasteiger partial charge in [-0.15, -0.1) is 0 Å². The van der Waals surface area contributed by atoms with Gasteiger partial charge in [-0.05, 0) is 58.4 Å². The molecule has 2 N–H and O–H groups in total. The molecule has 2 aromatic carbocycles. The van der Waals surface area contributed by atoms with Crippen LogP contribution in [0.25, 0.3) is 0 Å². The molecule has 0 atom stereocenters. The van der Waals surface area contributed by atoms with Gasteiger partial charge >= 0.3 is 6.61 Å². The monoisotopic (exact) mass is 357 g/mol. The molecule has 0 aliphatic rings. The molecule has 0 saturated heterocycles. The van der Waals surface area contributed by atoms with Crippen molar-refractivity contribution in [2.45, 2.75) is 6.61 Å². The average molecular weight is 358 g/mol. The maximum atomic E-state index is 12.0. The predicted octanol–water partition coefficient (Wildman–Crippen LogP) is 4.01. The van der Waals surface area contributed by atoms with Crippen LogP contribution in [0.4, 0.5) is 14.5 Å². The van der Waals surface area contributed by atoms with E-state index in [0.717, 1.165) is 0 Å². The Bertz CT molecular complexity index is 647. The Morgan fingerprint density at radius 3 is 2.43 bits per heavy atom. The molecular weight excluding hydrogens is 348 g/mol. The highest BCUT2D eigenvalue weighted by Crippen LogP contribution is 2.25. The summed E-state index contributed by atoms with van der Waals surface area (Å²) in [6.45, 7) is -2.89. The molecule has 4 nitrogen and oxygen atoms in total. The van der Waals surface area contributed by atoms with Gasteiger partial charge in [0.1, 0.15) is 11.5 Å². The summed E-state index contributed by atoms with van der Waals surface area (Å²) in [6, 6.07) is 9.91. The normalized spacial score (nSPS) is 10.5. The first-order valence-electron chi connectivity index (χ1n) is 5.80. The van der Waals surface area contributed by atoms with Crippen LogP contribution >= 0.6 is 15.9 Å². The Kier molecular flexibility index (Phi) is 4.74. The van der Waals surface area contributed by atoms with E-state index < -0.39 is 12.5 Å². The van der Waals surface area contributed by atoms with E-state index in [9.17, 15) is 18.7 Å². The number of anilines is 1. The number of amides is 1. The molecule has 0 spiro atoms. The zero-order valence-corrected chi connectivity index (χ0v) is 12.1. The summed E-state index contributed by atoms with van der Waals surface area (Å²) in [6.07, 6.45) is 0. The standard InChI is InChI=1S/C14H10BrF2NO3/c15-11-6-1-8(7-12(11)19)13(20)18-9-2-4-10(5-3-9)21-14(16)17/h1-7,14,19H,(H,18,20). The van der Waals surface area contributed by atoms with Crippen LogP contribution in [0.15, 0.2) is 46.9 Å². The number of carbonyl (C=O) groups excluding carboxylic acids is 1. The third kappa shape index (κ3) is 4.16. The van der Waals surface area contributed by atoms with Gasteiger partial charge in [0, 0.05) is 11.3 Å². The van der Waals surface area contributed by atoms with Gasteiger partial charge in [-0.1, -0.05) is 0 Å². The Balaban J connectivity index is 2.06. The summed E-state index contributed by atoms with van der Waals surface area (Å²) in [7, 11) is 0. The molecule has 0 bridgehead atoms. The largest absolute Gasteiger partial charge is 0.507 e. The summed E-state index contributed by atoms with van der Waals surface area (Å²) < 4.78 is 28.7. The minimum atomic E-state index is -2.89. The number of benzene rings is 2. The molecule has 21 heavy (non-hydrogen) atoms. The highest BCUT2D eigenvalue weighted by atomic mass is 79.9. The van der Waals surface area contributed by atoms with E-state index in [4.69, 9.17) is 0 Å². The first-order chi connectivity index (χ1) is 9.95. The van der Waals surface area contributed by atoms with Gasteiger partial charge in [0.05, 0.1) is 4.47 Å². The molecule has 2 aromatic rings. The summed E-state index contributed by atoms with van der Waals surface area (Å²) >= 11 is 3.12. The number of nitrogens with one attached hydrogen (secondary N) is 1. The van der Waals surface area contributed by atoms with E-state index in [0.29, 0.717) is 10.2 Å². The van der Waals surface area contributed by atoms with Crippen LogP contribution in [-0.4, -0.2) is 17.6 Å². The number of rotatable bonds is 4. The highest BCUT2D eigenvalue weighted by molar-refractivity contribution is 9.10. The van der Waals surface area contributed by atoms with Gasteiger partial charge in [0.2, 0.25) is 0 Å². The van der Waals surface area contributed by atoms with E-state index in [1.165, 1.54) is 36.4 Å². The van der Waals surface area contributed by atoms with Gasteiger partial charge in [0.15, 0.2) is 0 Å². The van der Waals surface area contributed by atoms with Crippen molar-refractivity contribution in [3.63, 3.8) is 0 Å². The molecule has 0 radical (unpaired) electrons. The number of halogens is 3. The molecule has 1 amide bonds. The molecule has 0 fully saturated rings. The number of phenols is 1. The van der Waals surface area contributed by atoms with Crippen molar-refractivity contribution in [1.29, 1.82) is 0 Å². The fraction of sp³-hybridized carbons (Fsp3) is 0.0714. The van der Waals surface area contributed by atoms with Crippen molar-refractivity contribution in [1.82, 2.24) is 0 Å². The summed E-state index contributed by atoms with van der Waals surface area (Å²) in [5.41, 5.74) is 0.688. The number of aromatic hydroxyl groups is 1. The first-order valence-corrected chi connectivity index (χ1v) is 6.60. The van der Waals surface area contributed by atoms with Crippen LogP contribution in [0.2, 0.25) is 0 Å². The molecule has 0 aliphatic heterocycles. The second-order valence-electron chi connectivity index (χ2n) is 4.02. The number of hydrogen-bond donors (Lipinski definition) is 2. The SMILES string of the molecule is O=C(Nc1ccc(OC(F)F)cc1)c1ccc(Br)c(O)c1. The van der Waals surface area contributed by atoms with E-state index in [-0.39, 0.29) is 17.1 Å². The van der Waals surface area contributed by atoms with Crippen LogP contribution in [0.3, 0.4) is 0 Å². The maximum Gasteiger partial charge on any atom is 0.387 e. The Labute approximate surface area is 127 Å². The molecule has 2 rings (SSSR count). The molecule has 110 valence electrons. The van der Waals surface area contributed by atoms with E-state index in [2.05, 4.69) is 26.0 Å². The quantitative estimate of drug-likeness (QED) is 0.868. The molecule has 0 heterocycles. The molecule has 0 aromatic heterocycles. The van der Waals surface area contributed by atoms with Crippen molar-refractivity contribution < 1.29 is 23.4 Å². The lowest BCUT2D eigenvalue weighted by atomic mass is 10.2. The molecule has 7 heteroatoms. The molecular formula is C14H10BrF2NO3. The van der Waals surface area contributed by atoms with Crippen LogP contribution in [-0.2, 0) is 0 Å². The molecule has 0 unspecified atom stereocenters. The fourth-order valence-corrected chi connectivity index (χ4v) is 1.82. The number of hydrogen-bond acceptors (Lipinski definition) is 3. The molecule has 0 aliphatic carbocycles. The second-order valence-corrected chi connectivity index (χ2v) is 4.88. The zero-order chi connectivity index (χ0) is 15.4. The lowest BCUT2D eigenvalue weighted by Gasteiger charge is -2.08. The van der Waals surface area contributed by atoms with Gasteiger partial charge in [0.25, 0.3) is 5.91 Å². The van der Waals surface area contributed by atoms with Crippen LogP contribution in [0.1, 0.15) is 10.4 Å². The van der Waals surface area contributed by atoms with E-state index >= 15 is 0 Å². The smallest absolute Gasteiger partial charge is 0.387 e. The van der Waals surface area contributed by atoms with Crippen LogP contribution in [0, 0.1) is 0 Å². The number of alkyl halides is 2. The van der Waals surface area contributed by atoms with E-state index in [1.54, 1.807) is 6.07 Å². The summed E-state index contributed by atoms with van der Waals surface area (Å²) in [5, 5.41) is 12.1. The van der Waals surface area contributed by atoms with Crippen molar-refractivity contribution in [2.75, 3.05) is 5.32 Å². The highest BCUT2D eigenvalue weighted by Gasteiger charge is 2.09. The zero-order valence-electron chi connectivity index (χ0n) is 10.5. The van der Waals surface area contributed by atoms with Gasteiger partial charge in [-0.2, -0.15) is 8.78 Å².